The Morgan fingerprint density at radius 1 is 1.18 bits per heavy atom. The van der Waals surface area contributed by atoms with Gasteiger partial charge in [0.25, 0.3) is 5.91 Å². The lowest BCUT2D eigenvalue weighted by molar-refractivity contribution is -0.124. The number of carbonyl (C=O) groups excluding carboxylic acids is 1. The lowest BCUT2D eigenvalue weighted by Gasteiger charge is -2.20. The van der Waals surface area contributed by atoms with E-state index in [-0.39, 0.29) is 18.1 Å². The number of fused-ring (bicyclic) bond motifs is 2. The number of nitrogens with zero attached hydrogens (tertiary/aromatic N) is 4. The van der Waals surface area contributed by atoms with E-state index in [1.54, 1.807) is 18.5 Å². The minimum Gasteiger partial charge on any atom is -0.484 e. The zero-order valence-electron chi connectivity index (χ0n) is 19.2. The molecule has 5 rings (SSSR count). The summed E-state index contributed by atoms with van der Waals surface area (Å²) in [5, 5.41) is 14.0. The van der Waals surface area contributed by atoms with Gasteiger partial charge in [0.2, 0.25) is 0 Å². The number of anilines is 2. The fraction of sp³-hybridized carbons (Fsp3) is 0.292. The quantitative estimate of drug-likeness (QED) is 0.400. The van der Waals surface area contributed by atoms with Crippen LogP contribution in [0.3, 0.4) is 0 Å². The Morgan fingerprint density at radius 2 is 2.06 bits per heavy atom. The maximum atomic E-state index is 12.1. The van der Waals surface area contributed by atoms with Crippen LogP contribution in [0, 0.1) is 0 Å². The average Bonchev–Trinajstić information content (AvgIpc) is 3.46. The van der Waals surface area contributed by atoms with E-state index < -0.39 is 0 Å². The Labute approximate surface area is 196 Å². The summed E-state index contributed by atoms with van der Waals surface area (Å²) in [7, 11) is 0. The summed E-state index contributed by atoms with van der Waals surface area (Å²) >= 11 is 0. The second-order valence-electron chi connectivity index (χ2n) is 9.09. The van der Waals surface area contributed by atoms with Crippen molar-refractivity contribution in [3.8, 4) is 17.1 Å². The SMILES string of the molecule is CC(C)(C)NC(=O)COc1cccc(-c2nc3c(c(Nc4cnc5[nH]ncc5c4)n2)COC3)c1. The summed E-state index contributed by atoms with van der Waals surface area (Å²) in [6.07, 6.45) is 3.45. The molecule has 4 aromatic rings. The van der Waals surface area contributed by atoms with Crippen LogP contribution >= 0.6 is 0 Å². The summed E-state index contributed by atoms with van der Waals surface area (Å²) in [6.45, 7) is 6.56. The fourth-order valence-electron chi connectivity index (χ4n) is 3.65. The Bertz CT molecular complexity index is 1360. The topological polar surface area (TPSA) is 127 Å². The van der Waals surface area contributed by atoms with Gasteiger partial charge in [0.1, 0.15) is 11.6 Å². The molecular formula is C24H25N7O3. The van der Waals surface area contributed by atoms with E-state index in [0.717, 1.165) is 33.5 Å². The van der Waals surface area contributed by atoms with Crippen LogP contribution in [0.1, 0.15) is 32.0 Å². The maximum Gasteiger partial charge on any atom is 0.258 e. The molecule has 0 spiro atoms. The summed E-state index contributed by atoms with van der Waals surface area (Å²) in [5.41, 5.74) is 3.71. The Kier molecular flexibility index (Phi) is 5.58. The van der Waals surface area contributed by atoms with Gasteiger partial charge in [-0.2, -0.15) is 5.10 Å². The van der Waals surface area contributed by atoms with Gasteiger partial charge < -0.3 is 20.1 Å². The highest BCUT2D eigenvalue weighted by Crippen LogP contribution is 2.31. The molecule has 0 saturated carbocycles. The highest BCUT2D eigenvalue weighted by molar-refractivity contribution is 5.79. The fourth-order valence-corrected chi connectivity index (χ4v) is 3.65. The van der Waals surface area contributed by atoms with Crippen molar-refractivity contribution in [1.29, 1.82) is 0 Å². The van der Waals surface area contributed by atoms with Crippen LogP contribution in [0.25, 0.3) is 22.4 Å². The van der Waals surface area contributed by atoms with Crippen LogP contribution in [0.4, 0.5) is 11.5 Å². The Morgan fingerprint density at radius 3 is 2.91 bits per heavy atom. The molecule has 3 N–H and O–H groups in total. The van der Waals surface area contributed by atoms with Gasteiger partial charge in [0.05, 0.1) is 37.0 Å². The van der Waals surface area contributed by atoms with E-state index in [0.29, 0.717) is 30.6 Å². The Balaban J connectivity index is 1.40. The molecule has 34 heavy (non-hydrogen) atoms. The minimum absolute atomic E-state index is 0.0735. The second-order valence-corrected chi connectivity index (χ2v) is 9.09. The monoisotopic (exact) mass is 459 g/mol. The molecule has 4 heterocycles. The predicted molar refractivity (Wildman–Crippen MR) is 127 cm³/mol. The van der Waals surface area contributed by atoms with Crippen molar-refractivity contribution in [1.82, 2.24) is 30.5 Å². The number of ether oxygens (including phenoxy) is 2. The van der Waals surface area contributed by atoms with E-state index in [4.69, 9.17) is 19.4 Å². The Hall–Kier alpha value is -4.05. The molecule has 0 fully saturated rings. The molecule has 0 unspecified atom stereocenters. The summed E-state index contributed by atoms with van der Waals surface area (Å²) in [6, 6.07) is 9.33. The van der Waals surface area contributed by atoms with Crippen molar-refractivity contribution in [2.45, 2.75) is 39.5 Å². The van der Waals surface area contributed by atoms with E-state index in [1.807, 2.05) is 45.0 Å². The van der Waals surface area contributed by atoms with Crippen molar-refractivity contribution in [2.75, 3.05) is 11.9 Å². The van der Waals surface area contributed by atoms with Gasteiger partial charge >= 0.3 is 0 Å². The van der Waals surface area contributed by atoms with Gasteiger partial charge in [0.15, 0.2) is 18.1 Å². The number of amides is 1. The average molecular weight is 460 g/mol. The zero-order valence-corrected chi connectivity index (χ0v) is 19.2. The third kappa shape index (κ3) is 4.81. The first-order valence-corrected chi connectivity index (χ1v) is 10.9. The molecule has 0 aliphatic carbocycles. The first-order chi connectivity index (χ1) is 16.3. The predicted octanol–water partition coefficient (Wildman–Crippen LogP) is 3.48. The molecule has 0 radical (unpaired) electrons. The number of aromatic nitrogens is 5. The molecule has 1 aliphatic rings. The van der Waals surface area contributed by atoms with Crippen LogP contribution in [0.5, 0.6) is 5.75 Å². The van der Waals surface area contributed by atoms with Gasteiger partial charge in [-0.1, -0.05) is 12.1 Å². The van der Waals surface area contributed by atoms with E-state index in [1.165, 1.54) is 0 Å². The largest absolute Gasteiger partial charge is 0.484 e. The van der Waals surface area contributed by atoms with Crippen molar-refractivity contribution >= 4 is 28.4 Å². The van der Waals surface area contributed by atoms with Crippen LogP contribution in [-0.2, 0) is 22.7 Å². The smallest absolute Gasteiger partial charge is 0.258 e. The van der Waals surface area contributed by atoms with Crippen LogP contribution in [0.2, 0.25) is 0 Å². The second kappa shape index (κ2) is 8.71. The molecule has 3 aromatic heterocycles. The van der Waals surface area contributed by atoms with Gasteiger partial charge in [-0.25, -0.2) is 15.0 Å². The number of rotatable bonds is 6. The lowest BCUT2D eigenvalue weighted by Crippen LogP contribution is -2.43. The molecule has 10 nitrogen and oxygen atoms in total. The van der Waals surface area contributed by atoms with Gasteiger partial charge in [-0.05, 0) is 39.0 Å². The maximum absolute atomic E-state index is 12.1. The summed E-state index contributed by atoms with van der Waals surface area (Å²) in [5.74, 6) is 1.58. The minimum atomic E-state index is -0.316. The summed E-state index contributed by atoms with van der Waals surface area (Å²) in [4.78, 5) is 26.0. The molecule has 0 saturated heterocycles. The van der Waals surface area contributed by atoms with Crippen LogP contribution < -0.4 is 15.4 Å². The van der Waals surface area contributed by atoms with Crippen molar-refractivity contribution < 1.29 is 14.3 Å². The molecule has 1 aromatic carbocycles. The number of nitrogens with one attached hydrogen (secondary N) is 3. The number of benzene rings is 1. The van der Waals surface area contributed by atoms with Crippen LogP contribution in [0.15, 0.2) is 42.7 Å². The van der Waals surface area contributed by atoms with Gasteiger partial charge in [-0.3, -0.25) is 9.89 Å². The van der Waals surface area contributed by atoms with Crippen molar-refractivity contribution in [3.05, 3.63) is 54.0 Å². The number of carbonyl (C=O) groups is 1. The first-order valence-electron chi connectivity index (χ1n) is 10.9. The van der Waals surface area contributed by atoms with Crippen molar-refractivity contribution in [3.63, 3.8) is 0 Å². The highest BCUT2D eigenvalue weighted by atomic mass is 16.5. The lowest BCUT2D eigenvalue weighted by atomic mass is 10.1. The summed E-state index contributed by atoms with van der Waals surface area (Å²) < 4.78 is 11.3. The van der Waals surface area contributed by atoms with Crippen molar-refractivity contribution in [2.24, 2.45) is 0 Å². The molecule has 174 valence electrons. The third-order valence-corrected chi connectivity index (χ3v) is 5.11. The normalized spacial score (nSPS) is 13.0. The number of hydrogen-bond donors (Lipinski definition) is 3. The van der Waals surface area contributed by atoms with Crippen LogP contribution in [-0.4, -0.2) is 43.2 Å². The third-order valence-electron chi connectivity index (χ3n) is 5.11. The molecule has 0 bridgehead atoms. The number of pyridine rings is 1. The highest BCUT2D eigenvalue weighted by Gasteiger charge is 2.21. The van der Waals surface area contributed by atoms with E-state index in [9.17, 15) is 4.79 Å². The van der Waals surface area contributed by atoms with E-state index in [2.05, 4.69) is 25.8 Å². The zero-order chi connectivity index (χ0) is 23.7. The molecular weight excluding hydrogens is 434 g/mol. The molecule has 0 atom stereocenters. The van der Waals surface area contributed by atoms with Gasteiger partial charge in [-0.15, -0.1) is 0 Å². The van der Waals surface area contributed by atoms with E-state index >= 15 is 0 Å². The molecule has 10 heteroatoms. The number of H-pyrrole nitrogens is 1. The molecule has 1 aliphatic heterocycles. The number of hydrogen-bond acceptors (Lipinski definition) is 8. The standard InChI is InChI=1S/C24H25N7O3/c1-24(2,3)30-20(32)13-34-17-6-4-5-14(8-17)22-28-19-12-33-11-18(19)23(29-22)27-16-7-15-9-26-31-21(15)25-10-16/h4-10H,11-13H2,1-3H3,(H,30,32)(H,25,26,31)(H,27,28,29). The van der Waals surface area contributed by atoms with Gasteiger partial charge in [0, 0.05) is 22.1 Å². The first kappa shape index (κ1) is 21.8. The number of aromatic amines is 1. The molecule has 1 amide bonds.